The van der Waals surface area contributed by atoms with Crippen LogP contribution in [0.5, 0.6) is 5.75 Å². The molecule has 0 radical (unpaired) electrons. The first-order chi connectivity index (χ1) is 13.2. The molecule has 0 aliphatic heterocycles. The van der Waals surface area contributed by atoms with Gasteiger partial charge in [-0.05, 0) is 35.4 Å². The minimum absolute atomic E-state index is 0.0143. The maximum atomic E-state index is 11.0. The highest BCUT2D eigenvalue weighted by Crippen LogP contribution is 2.19. The molecule has 0 aliphatic rings. The monoisotopic (exact) mass is 352 g/mol. The number of ether oxygens (including phenoxy) is 1. The molecular weight excluding hydrogens is 332 g/mol. The molecule has 0 amide bonds. The van der Waals surface area contributed by atoms with Gasteiger partial charge in [0.1, 0.15) is 5.75 Å². The van der Waals surface area contributed by atoms with Crippen molar-refractivity contribution in [2.75, 3.05) is 0 Å². The van der Waals surface area contributed by atoms with Crippen LogP contribution < -0.4 is 4.74 Å². The minimum Gasteiger partial charge on any atom is -0.427 e. The molecule has 2 heteroatoms. The molecular formula is C25H20O2. The summed E-state index contributed by atoms with van der Waals surface area (Å²) in [5.41, 5.74) is 3.17. The van der Waals surface area contributed by atoms with E-state index in [9.17, 15) is 4.79 Å². The average molecular weight is 352 g/mol. The van der Waals surface area contributed by atoms with Gasteiger partial charge < -0.3 is 4.74 Å². The largest absolute Gasteiger partial charge is 0.427 e. The molecule has 0 saturated carbocycles. The Bertz CT molecular complexity index is 960. The third-order valence-electron chi connectivity index (χ3n) is 3.93. The highest BCUT2D eigenvalue weighted by molar-refractivity contribution is 5.69. The summed E-state index contributed by atoms with van der Waals surface area (Å²) in [5, 5.41) is 0. The van der Waals surface area contributed by atoms with Gasteiger partial charge in [0.25, 0.3) is 0 Å². The highest BCUT2D eigenvalue weighted by Gasteiger charge is 2.04. The predicted molar refractivity (Wildman–Crippen MR) is 109 cm³/mol. The quantitative estimate of drug-likeness (QED) is 0.354. The van der Waals surface area contributed by atoms with E-state index >= 15 is 0 Å². The van der Waals surface area contributed by atoms with E-state index in [1.165, 1.54) is 6.92 Å². The van der Waals surface area contributed by atoms with Crippen LogP contribution in [0.3, 0.4) is 0 Å². The Hall–Kier alpha value is -3.57. The Balaban J connectivity index is 1.82. The number of esters is 1. The number of allylic oxidation sites excluding steroid dienone is 1. The normalized spacial score (nSPS) is 11.4. The van der Waals surface area contributed by atoms with Crippen molar-refractivity contribution in [1.82, 2.24) is 0 Å². The van der Waals surface area contributed by atoms with Crippen LogP contribution in [0.1, 0.15) is 29.5 Å². The van der Waals surface area contributed by atoms with E-state index in [4.69, 9.17) is 4.74 Å². The van der Waals surface area contributed by atoms with E-state index in [1.807, 2.05) is 66.7 Å². The van der Waals surface area contributed by atoms with Gasteiger partial charge >= 0.3 is 5.97 Å². The Morgan fingerprint density at radius 3 is 2.15 bits per heavy atom. The standard InChI is InChI=1S/C25H20O2/c1-20(26)27-25-18-14-22(15-19-25)13-17-24(23-10-6-3-7-11-23)16-12-21-8-4-2-5-9-21/h2-11,13-15,17-19,24H,1H3/b17-13+. The number of rotatable bonds is 4. The zero-order valence-corrected chi connectivity index (χ0v) is 15.1. The lowest BCUT2D eigenvalue weighted by Crippen LogP contribution is -2.00. The summed E-state index contributed by atoms with van der Waals surface area (Å²) in [4.78, 5) is 11.0. The van der Waals surface area contributed by atoms with E-state index in [-0.39, 0.29) is 11.9 Å². The first-order valence-corrected chi connectivity index (χ1v) is 8.79. The van der Waals surface area contributed by atoms with Crippen LogP contribution in [-0.4, -0.2) is 5.97 Å². The van der Waals surface area contributed by atoms with Gasteiger partial charge in [-0.15, -0.1) is 0 Å². The summed E-state index contributed by atoms with van der Waals surface area (Å²) >= 11 is 0. The van der Waals surface area contributed by atoms with E-state index in [0.29, 0.717) is 5.75 Å². The molecule has 3 aromatic carbocycles. The molecule has 1 atom stereocenters. The average Bonchev–Trinajstić information content (AvgIpc) is 2.70. The lowest BCUT2D eigenvalue weighted by Gasteiger charge is -2.06. The third-order valence-corrected chi connectivity index (χ3v) is 3.93. The first kappa shape index (κ1) is 18.2. The summed E-state index contributed by atoms with van der Waals surface area (Å²) < 4.78 is 5.07. The van der Waals surface area contributed by atoms with Gasteiger partial charge in [-0.1, -0.05) is 84.7 Å². The number of carbonyl (C=O) groups excluding carboxylic acids is 1. The van der Waals surface area contributed by atoms with Gasteiger partial charge in [0.15, 0.2) is 0 Å². The van der Waals surface area contributed by atoms with Crippen LogP contribution >= 0.6 is 0 Å². The van der Waals surface area contributed by atoms with Crippen LogP contribution in [0.2, 0.25) is 0 Å². The number of carbonyl (C=O) groups is 1. The second-order valence-electron chi connectivity index (χ2n) is 6.05. The zero-order valence-electron chi connectivity index (χ0n) is 15.1. The van der Waals surface area contributed by atoms with Crippen LogP contribution in [0.4, 0.5) is 0 Å². The maximum Gasteiger partial charge on any atom is 0.308 e. The molecule has 0 fully saturated rings. The van der Waals surface area contributed by atoms with E-state index in [1.54, 1.807) is 12.1 Å². The van der Waals surface area contributed by atoms with Crippen LogP contribution in [0.15, 0.2) is 91.0 Å². The molecule has 0 aromatic heterocycles. The highest BCUT2D eigenvalue weighted by atomic mass is 16.5. The second-order valence-corrected chi connectivity index (χ2v) is 6.05. The maximum absolute atomic E-state index is 11.0. The number of benzene rings is 3. The van der Waals surface area contributed by atoms with E-state index in [2.05, 4.69) is 30.0 Å². The van der Waals surface area contributed by atoms with Crippen LogP contribution in [-0.2, 0) is 4.79 Å². The Morgan fingerprint density at radius 1 is 0.889 bits per heavy atom. The SMILES string of the molecule is CC(=O)Oc1ccc(/C=C/C(C#Cc2ccccc2)c2ccccc2)cc1. The fraction of sp³-hybridized carbons (Fsp3) is 0.0800. The fourth-order valence-corrected chi connectivity index (χ4v) is 2.61. The lowest BCUT2D eigenvalue weighted by atomic mass is 9.98. The molecule has 0 bridgehead atoms. The summed E-state index contributed by atoms with van der Waals surface area (Å²) in [6, 6.07) is 27.6. The van der Waals surface area contributed by atoms with Crippen molar-refractivity contribution >= 4 is 12.0 Å². The molecule has 2 nitrogen and oxygen atoms in total. The Labute approximate surface area is 160 Å². The lowest BCUT2D eigenvalue weighted by molar-refractivity contribution is -0.131. The number of hydrogen-bond donors (Lipinski definition) is 0. The van der Waals surface area contributed by atoms with Gasteiger partial charge in [-0.25, -0.2) is 0 Å². The Morgan fingerprint density at radius 2 is 1.52 bits per heavy atom. The van der Waals surface area contributed by atoms with Crippen molar-refractivity contribution in [2.24, 2.45) is 0 Å². The molecule has 0 aliphatic carbocycles. The molecule has 132 valence electrons. The second kappa shape index (κ2) is 9.22. The van der Waals surface area contributed by atoms with Crippen molar-refractivity contribution in [3.05, 3.63) is 108 Å². The van der Waals surface area contributed by atoms with Gasteiger partial charge in [0.05, 0.1) is 5.92 Å². The summed E-state index contributed by atoms with van der Waals surface area (Å²) in [5.74, 6) is 6.81. The first-order valence-electron chi connectivity index (χ1n) is 8.79. The molecule has 3 aromatic rings. The fourth-order valence-electron chi connectivity index (χ4n) is 2.61. The zero-order chi connectivity index (χ0) is 18.9. The molecule has 27 heavy (non-hydrogen) atoms. The van der Waals surface area contributed by atoms with Crippen molar-refractivity contribution in [3.8, 4) is 17.6 Å². The summed E-state index contributed by atoms with van der Waals surface area (Å²) in [6.07, 6.45) is 4.13. The van der Waals surface area contributed by atoms with Crippen molar-refractivity contribution in [1.29, 1.82) is 0 Å². The third kappa shape index (κ3) is 5.73. The van der Waals surface area contributed by atoms with Gasteiger partial charge in [0.2, 0.25) is 0 Å². The minimum atomic E-state index is -0.321. The molecule has 0 saturated heterocycles. The summed E-state index contributed by atoms with van der Waals surface area (Å²) in [6.45, 7) is 1.39. The van der Waals surface area contributed by atoms with Gasteiger partial charge in [-0.2, -0.15) is 0 Å². The molecule has 0 spiro atoms. The summed E-state index contributed by atoms with van der Waals surface area (Å²) in [7, 11) is 0. The van der Waals surface area contributed by atoms with Gasteiger partial charge in [-0.3, -0.25) is 4.79 Å². The van der Waals surface area contributed by atoms with Crippen molar-refractivity contribution in [2.45, 2.75) is 12.8 Å². The predicted octanol–water partition coefficient (Wildman–Crippen LogP) is 5.46. The van der Waals surface area contributed by atoms with Crippen LogP contribution in [0, 0.1) is 11.8 Å². The molecule has 0 heterocycles. The Kier molecular flexibility index (Phi) is 6.22. The van der Waals surface area contributed by atoms with Crippen molar-refractivity contribution in [3.63, 3.8) is 0 Å². The van der Waals surface area contributed by atoms with E-state index in [0.717, 1.165) is 16.7 Å². The molecule has 1 unspecified atom stereocenters. The smallest absolute Gasteiger partial charge is 0.308 e. The topological polar surface area (TPSA) is 26.3 Å². The van der Waals surface area contributed by atoms with Gasteiger partial charge in [0, 0.05) is 12.5 Å². The van der Waals surface area contributed by atoms with Crippen molar-refractivity contribution < 1.29 is 9.53 Å². The number of hydrogen-bond acceptors (Lipinski definition) is 2. The molecule has 0 N–H and O–H groups in total. The van der Waals surface area contributed by atoms with Crippen LogP contribution in [0.25, 0.3) is 6.08 Å². The molecule has 3 rings (SSSR count). The van der Waals surface area contributed by atoms with E-state index < -0.39 is 0 Å².